The highest BCUT2D eigenvalue weighted by Crippen LogP contribution is 2.46. The third kappa shape index (κ3) is 2.92. The Labute approximate surface area is 200 Å². The summed E-state index contributed by atoms with van der Waals surface area (Å²) >= 11 is 0. The van der Waals surface area contributed by atoms with Gasteiger partial charge in [0.05, 0.1) is 0 Å². The predicted octanol–water partition coefficient (Wildman–Crippen LogP) is 9.36. The lowest BCUT2D eigenvalue weighted by molar-refractivity contribution is 0.691. The van der Waals surface area contributed by atoms with Gasteiger partial charge in [-0.05, 0) is 97.4 Å². The summed E-state index contributed by atoms with van der Waals surface area (Å²) in [5.74, 6) is 0. The monoisotopic (exact) mass is 434 g/mol. The maximum atomic E-state index is 2.47. The summed E-state index contributed by atoms with van der Waals surface area (Å²) in [5, 5.41) is 8.17. The molecule has 0 aliphatic heterocycles. The van der Waals surface area contributed by atoms with E-state index in [1.54, 1.807) is 11.1 Å². The zero-order chi connectivity index (χ0) is 22.5. The van der Waals surface area contributed by atoms with Crippen LogP contribution in [0.15, 0.2) is 109 Å². The van der Waals surface area contributed by atoms with Crippen molar-refractivity contribution in [2.24, 2.45) is 0 Å². The van der Waals surface area contributed by atoms with E-state index < -0.39 is 0 Å². The van der Waals surface area contributed by atoms with Crippen LogP contribution in [0, 0.1) is 0 Å². The van der Waals surface area contributed by atoms with Crippen LogP contribution >= 0.6 is 0 Å². The second-order valence-electron chi connectivity index (χ2n) is 9.52. The average Bonchev–Trinajstić information content (AvgIpc) is 2.92. The molecule has 0 unspecified atom stereocenters. The lowest BCUT2D eigenvalue weighted by atomic mass is 9.79. The predicted molar refractivity (Wildman–Crippen MR) is 146 cm³/mol. The van der Waals surface area contributed by atoms with Crippen molar-refractivity contribution < 1.29 is 0 Å². The van der Waals surface area contributed by atoms with Crippen LogP contribution in [0.2, 0.25) is 0 Å². The van der Waals surface area contributed by atoms with Gasteiger partial charge >= 0.3 is 0 Å². The molecule has 1 aliphatic rings. The van der Waals surface area contributed by atoms with Crippen molar-refractivity contribution in [1.82, 2.24) is 0 Å². The van der Waals surface area contributed by atoms with Gasteiger partial charge in [0.2, 0.25) is 0 Å². The zero-order valence-corrected chi connectivity index (χ0v) is 19.2. The number of aryl methyl sites for hydroxylation is 1. The van der Waals surface area contributed by atoms with Gasteiger partial charge in [0.15, 0.2) is 0 Å². The number of benzene rings is 6. The van der Waals surface area contributed by atoms with E-state index in [2.05, 4.69) is 109 Å². The second kappa shape index (κ2) is 7.85. The molecule has 0 saturated heterocycles. The summed E-state index contributed by atoms with van der Waals surface area (Å²) in [6, 6.07) is 40.3. The summed E-state index contributed by atoms with van der Waals surface area (Å²) in [6.45, 7) is 0. The fraction of sp³-hybridized carbons (Fsp3) is 0.118. The summed E-state index contributed by atoms with van der Waals surface area (Å²) in [4.78, 5) is 0. The van der Waals surface area contributed by atoms with Crippen molar-refractivity contribution in [2.75, 3.05) is 0 Å². The van der Waals surface area contributed by atoms with E-state index in [9.17, 15) is 0 Å². The number of hydrogen-bond donors (Lipinski definition) is 0. The van der Waals surface area contributed by atoms with Gasteiger partial charge in [-0.25, -0.2) is 0 Å². The Morgan fingerprint density at radius 2 is 0.912 bits per heavy atom. The molecule has 0 heteroatoms. The summed E-state index contributed by atoms with van der Waals surface area (Å²) in [5.41, 5.74) is 8.58. The van der Waals surface area contributed by atoms with Crippen molar-refractivity contribution in [2.45, 2.75) is 25.7 Å². The molecule has 0 heterocycles. The molecule has 0 atom stereocenters. The summed E-state index contributed by atoms with van der Waals surface area (Å²) in [6.07, 6.45) is 4.91. The molecular formula is C34H26. The van der Waals surface area contributed by atoms with Crippen LogP contribution in [0.3, 0.4) is 0 Å². The molecule has 0 aromatic heterocycles. The van der Waals surface area contributed by atoms with E-state index >= 15 is 0 Å². The van der Waals surface area contributed by atoms with Crippen molar-refractivity contribution in [3.63, 3.8) is 0 Å². The number of rotatable bonds is 2. The Morgan fingerprint density at radius 3 is 1.56 bits per heavy atom. The Kier molecular flexibility index (Phi) is 4.52. The molecule has 0 N–H and O–H groups in total. The van der Waals surface area contributed by atoms with E-state index in [1.807, 2.05) is 0 Å². The zero-order valence-electron chi connectivity index (χ0n) is 19.2. The van der Waals surface area contributed by atoms with Gasteiger partial charge in [-0.3, -0.25) is 0 Å². The van der Waals surface area contributed by atoms with Gasteiger partial charge in [0.1, 0.15) is 0 Å². The first kappa shape index (κ1) is 19.6. The number of hydrogen-bond acceptors (Lipinski definition) is 0. The molecule has 1 aliphatic carbocycles. The highest BCUT2D eigenvalue weighted by Gasteiger charge is 2.22. The lowest BCUT2D eigenvalue weighted by Crippen LogP contribution is -2.06. The molecule has 34 heavy (non-hydrogen) atoms. The molecule has 0 fully saturated rings. The molecule has 7 rings (SSSR count). The quantitative estimate of drug-likeness (QED) is 0.238. The minimum Gasteiger partial charge on any atom is -0.0622 e. The first-order valence-electron chi connectivity index (χ1n) is 12.4. The van der Waals surface area contributed by atoms with E-state index in [4.69, 9.17) is 0 Å². The van der Waals surface area contributed by atoms with E-state index in [0.29, 0.717) is 0 Å². The topological polar surface area (TPSA) is 0 Å². The van der Waals surface area contributed by atoms with Gasteiger partial charge < -0.3 is 0 Å². The van der Waals surface area contributed by atoms with Crippen LogP contribution in [-0.2, 0) is 12.8 Å². The van der Waals surface area contributed by atoms with Gasteiger partial charge in [0, 0.05) is 0 Å². The highest BCUT2D eigenvalue weighted by atomic mass is 14.3. The van der Waals surface area contributed by atoms with Crippen molar-refractivity contribution in [3.05, 3.63) is 120 Å². The molecule has 6 aromatic carbocycles. The minimum absolute atomic E-state index is 1.17. The van der Waals surface area contributed by atoms with Crippen LogP contribution in [0.25, 0.3) is 54.6 Å². The largest absolute Gasteiger partial charge is 0.0622 e. The Bertz CT molecular complexity index is 1630. The fourth-order valence-corrected chi connectivity index (χ4v) is 6.20. The lowest BCUT2D eigenvalue weighted by Gasteiger charge is -2.25. The smallest absolute Gasteiger partial charge is 0.00233 e. The van der Waals surface area contributed by atoms with Crippen LogP contribution in [0.4, 0.5) is 0 Å². The van der Waals surface area contributed by atoms with Crippen LogP contribution in [0.5, 0.6) is 0 Å². The number of fused-ring (bicyclic) bond motifs is 5. The summed E-state index contributed by atoms with van der Waals surface area (Å²) in [7, 11) is 0. The van der Waals surface area contributed by atoms with Crippen LogP contribution in [-0.4, -0.2) is 0 Å². The summed E-state index contributed by atoms with van der Waals surface area (Å²) < 4.78 is 0. The Balaban J connectivity index is 1.68. The first-order chi connectivity index (χ1) is 16.9. The highest BCUT2D eigenvalue weighted by molar-refractivity contribution is 6.22. The van der Waals surface area contributed by atoms with Gasteiger partial charge in [0.25, 0.3) is 0 Å². The molecule has 0 amide bonds. The van der Waals surface area contributed by atoms with E-state index in [1.165, 1.54) is 80.3 Å². The third-order valence-electron chi connectivity index (χ3n) is 7.64. The SMILES string of the molecule is c1ccc(-c2c3ccccc3c(-c3cc4ccccc4c4c3CCCC4)c3ccccc23)cc1. The van der Waals surface area contributed by atoms with Gasteiger partial charge in [-0.1, -0.05) is 103 Å². The normalized spacial score (nSPS) is 13.4. The van der Waals surface area contributed by atoms with Gasteiger partial charge in [-0.2, -0.15) is 0 Å². The van der Waals surface area contributed by atoms with Crippen LogP contribution in [0.1, 0.15) is 24.0 Å². The van der Waals surface area contributed by atoms with E-state index in [0.717, 1.165) is 0 Å². The van der Waals surface area contributed by atoms with Crippen LogP contribution < -0.4 is 0 Å². The Morgan fingerprint density at radius 1 is 0.412 bits per heavy atom. The molecule has 0 spiro atoms. The molecule has 0 saturated carbocycles. The molecule has 162 valence electrons. The van der Waals surface area contributed by atoms with Crippen molar-refractivity contribution in [1.29, 1.82) is 0 Å². The van der Waals surface area contributed by atoms with Gasteiger partial charge in [-0.15, -0.1) is 0 Å². The molecule has 0 bridgehead atoms. The minimum atomic E-state index is 1.17. The fourth-order valence-electron chi connectivity index (χ4n) is 6.20. The van der Waals surface area contributed by atoms with Crippen molar-refractivity contribution >= 4 is 32.3 Å². The molecule has 0 nitrogen and oxygen atoms in total. The second-order valence-corrected chi connectivity index (χ2v) is 9.52. The standard InChI is InChI=1S/C34H26/c1-2-12-23(13-3-1)33-28-18-8-10-20-30(28)34(31-21-11-9-19-29(31)33)32-22-24-14-4-5-15-25(24)26-16-6-7-17-27(26)32/h1-5,8-15,18-22H,6-7,16-17H2. The molecular weight excluding hydrogens is 408 g/mol. The van der Waals surface area contributed by atoms with E-state index in [-0.39, 0.29) is 0 Å². The Hall–Kier alpha value is -3.90. The first-order valence-corrected chi connectivity index (χ1v) is 12.4. The van der Waals surface area contributed by atoms with Crippen molar-refractivity contribution in [3.8, 4) is 22.3 Å². The maximum absolute atomic E-state index is 2.47. The third-order valence-corrected chi connectivity index (χ3v) is 7.64. The average molecular weight is 435 g/mol. The molecule has 6 aromatic rings. The maximum Gasteiger partial charge on any atom is -0.00233 e. The molecule has 0 radical (unpaired) electrons.